The zero-order chi connectivity index (χ0) is 15.3. The van der Waals surface area contributed by atoms with Crippen LogP contribution in [0.2, 0.25) is 0 Å². The number of hydrogen-bond donors (Lipinski definition) is 1. The van der Waals surface area contributed by atoms with E-state index in [4.69, 9.17) is 15.3 Å². The number of hydrogen-bond acceptors (Lipinski definition) is 5. The van der Waals surface area contributed by atoms with Gasteiger partial charge in [-0.2, -0.15) is 21.4 Å². The molecule has 0 saturated carbocycles. The van der Waals surface area contributed by atoms with Crippen LogP contribution in [-0.2, 0) is 14.4 Å². The molecule has 0 amide bonds. The summed E-state index contributed by atoms with van der Waals surface area (Å²) < 4.78 is 0.301. The van der Waals surface area contributed by atoms with Gasteiger partial charge in [-0.15, -0.1) is 0 Å². The third kappa shape index (κ3) is 10.9. The number of Topliss-reactive ketones (excluding diaryl/α,β-unsaturated/α-hetero) is 1. The second-order valence-electron chi connectivity index (χ2n) is 4.77. The number of rotatable bonds is 9. The minimum Gasteiger partial charge on any atom is -0.321 e. The van der Waals surface area contributed by atoms with Crippen LogP contribution in [0, 0.1) is 0 Å². The molecule has 0 bridgehead atoms. The molecule has 0 unspecified atom stereocenters. The van der Waals surface area contributed by atoms with E-state index in [1.807, 2.05) is 18.7 Å². The Bertz CT molecular complexity index is 270. The van der Waals surface area contributed by atoms with E-state index in [0.717, 1.165) is 5.75 Å². The van der Waals surface area contributed by atoms with Gasteiger partial charge < -0.3 is 5.73 Å². The molecule has 0 rings (SSSR count). The number of carbonyl (C=O) groups excluding carboxylic acids is 3. The third-order valence-corrected chi connectivity index (χ3v) is 4.56. The van der Waals surface area contributed by atoms with Gasteiger partial charge in [0.15, 0.2) is 0 Å². The van der Waals surface area contributed by atoms with E-state index < -0.39 is 0 Å². The molecule has 4 nitrogen and oxygen atoms in total. The Morgan fingerprint density at radius 1 is 1.21 bits per heavy atom. The highest BCUT2D eigenvalue weighted by molar-refractivity contribution is 8.00. The van der Waals surface area contributed by atoms with E-state index in [0.29, 0.717) is 11.2 Å². The quantitative estimate of drug-likeness (QED) is 0.706. The lowest BCUT2D eigenvalue weighted by molar-refractivity contribution is -0.191. The normalized spacial score (nSPS) is 12.1. The van der Waals surface area contributed by atoms with Crippen molar-refractivity contribution >= 4 is 23.7 Å². The van der Waals surface area contributed by atoms with E-state index in [1.54, 1.807) is 0 Å². The first-order valence-corrected chi connectivity index (χ1v) is 7.80. The van der Waals surface area contributed by atoms with Crippen LogP contribution in [0.4, 0.5) is 0 Å². The molecular weight excluding hydrogens is 262 g/mol. The molecular formula is C14H27NO3S. The lowest BCUT2D eigenvalue weighted by Crippen LogP contribution is -2.34. The summed E-state index contributed by atoms with van der Waals surface area (Å²) in [6.07, 6.45) is 5.61. The Morgan fingerprint density at radius 2 is 1.63 bits per heavy atom. The summed E-state index contributed by atoms with van der Waals surface area (Å²) in [6.45, 7) is 8.61. The van der Waals surface area contributed by atoms with Crippen LogP contribution in [0.15, 0.2) is 0 Å². The van der Waals surface area contributed by atoms with Crippen LogP contribution in [-0.4, -0.2) is 28.5 Å². The molecule has 0 saturated heterocycles. The Hall–Kier alpha value is -0.640. The summed E-state index contributed by atoms with van der Waals surface area (Å²) in [4.78, 5) is 27.7. The smallest absolute Gasteiger partial charge is 0.321 e. The van der Waals surface area contributed by atoms with Crippen molar-refractivity contribution in [3.05, 3.63) is 0 Å². The maximum Gasteiger partial charge on any atom is 0.373 e. The molecule has 0 aliphatic heterocycles. The molecule has 0 aliphatic carbocycles. The SMILES string of the molecule is CCCC(C)(CCC)SC[C@H](N)C(=O)CC.O=C=O. The van der Waals surface area contributed by atoms with Gasteiger partial charge in [-0.05, 0) is 12.8 Å². The maximum atomic E-state index is 11.4. The van der Waals surface area contributed by atoms with Crippen LogP contribution < -0.4 is 5.73 Å². The predicted octanol–water partition coefficient (Wildman–Crippen LogP) is 2.80. The number of thioether (sulfide) groups is 1. The van der Waals surface area contributed by atoms with Crippen molar-refractivity contribution in [1.82, 2.24) is 0 Å². The van der Waals surface area contributed by atoms with Crippen molar-refractivity contribution in [2.75, 3.05) is 5.75 Å². The van der Waals surface area contributed by atoms with E-state index in [9.17, 15) is 4.79 Å². The van der Waals surface area contributed by atoms with Gasteiger partial charge in [0.1, 0.15) is 5.78 Å². The maximum absolute atomic E-state index is 11.4. The summed E-state index contributed by atoms with van der Waals surface area (Å²) >= 11 is 1.88. The molecule has 0 aromatic heterocycles. The van der Waals surface area contributed by atoms with Crippen molar-refractivity contribution in [3.8, 4) is 0 Å². The molecule has 0 heterocycles. The zero-order valence-electron chi connectivity index (χ0n) is 12.5. The first kappa shape index (κ1) is 20.7. The van der Waals surface area contributed by atoms with Crippen LogP contribution in [0.3, 0.4) is 0 Å². The summed E-state index contributed by atoms with van der Waals surface area (Å²) in [5, 5.41) is 0. The summed E-state index contributed by atoms with van der Waals surface area (Å²) in [7, 11) is 0. The van der Waals surface area contributed by atoms with Gasteiger partial charge in [0.25, 0.3) is 0 Å². The van der Waals surface area contributed by atoms with E-state index in [1.165, 1.54) is 25.7 Å². The second-order valence-corrected chi connectivity index (χ2v) is 6.38. The first-order chi connectivity index (χ1) is 8.90. The molecule has 0 fully saturated rings. The van der Waals surface area contributed by atoms with Gasteiger partial charge in [-0.3, -0.25) is 4.79 Å². The van der Waals surface area contributed by atoms with Crippen LogP contribution >= 0.6 is 11.8 Å². The average Bonchev–Trinajstić information content (AvgIpc) is 2.36. The molecule has 112 valence electrons. The second kappa shape index (κ2) is 12.4. The number of nitrogens with two attached hydrogens (primary N) is 1. The fourth-order valence-electron chi connectivity index (χ4n) is 1.97. The Labute approximate surface area is 120 Å². The minimum atomic E-state index is -0.275. The number of ketones is 1. The molecule has 19 heavy (non-hydrogen) atoms. The number of carbonyl (C=O) groups is 1. The topological polar surface area (TPSA) is 77.2 Å². The van der Waals surface area contributed by atoms with Crippen LogP contribution in [0.1, 0.15) is 59.8 Å². The van der Waals surface area contributed by atoms with Gasteiger partial charge in [0, 0.05) is 16.9 Å². The van der Waals surface area contributed by atoms with Crippen molar-refractivity contribution in [1.29, 1.82) is 0 Å². The zero-order valence-corrected chi connectivity index (χ0v) is 13.3. The van der Waals surface area contributed by atoms with Gasteiger partial charge in [-0.25, -0.2) is 0 Å². The standard InChI is InChI=1S/C13H27NOS.CO2/c1-5-8-13(4,9-6-2)16-10-11(14)12(15)7-3;2-1-3/h11H,5-10,14H2,1-4H3;/t11-;/m0./s1. The average molecular weight is 289 g/mol. The van der Waals surface area contributed by atoms with Crippen molar-refractivity contribution in [3.63, 3.8) is 0 Å². The molecule has 2 N–H and O–H groups in total. The highest BCUT2D eigenvalue weighted by Crippen LogP contribution is 2.34. The van der Waals surface area contributed by atoms with Crippen LogP contribution in [0.5, 0.6) is 0 Å². The molecule has 0 aromatic carbocycles. The summed E-state index contributed by atoms with van der Waals surface area (Å²) in [5.74, 6) is 0.950. The highest BCUT2D eigenvalue weighted by atomic mass is 32.2. The highest BCUT2D eigenvalue weighted by Gasteiger charge is 2.24. The fourth-order valence-corrected chi connectivity index (χ4v) is 3.44. The van der Waals surface area contributed by atoms with E-state index in [-0.39, 0.29) is 18.0 Å². The van der Waals surface area contributed by atoms with Crippen LogP contribution in [0.25, 0.3) is 0 Å². The first-order valence-electron chi connectivity index (χ1n) is 6.82. The van der Waals surface area contributed by atoms with Crippen molar-refractivity contribution in [2.24, 2.45) is 5.73 Å². The van der Waals surface area contributed by atoms with Crippen molar-refractivity contribution in [2.45, 2.75) is 70.6 Å². The molecule has 0 aromatic rings. The molecule has 0 aliphatic rings. The Morgan fingerprint density at radius 3 is 1.95 bits per heavy atom. The molecule has 0 spiro atoms. The Kier molecular flexibility index (Phi) is 13.5. The largest absolute Gasteiger partial charge is 0.373 e. The van der Waals surface area contributed by atoms with E-state index >= 15 is 0 Å². The minimum absolute atomic E-state index is 0.183. The van der Waals surface area contributed by atoms with Gasteiger partial charge >= 0.3 is 6.15 Å². The Balaban J connectivity index is 0. The fraction of sp³-hybridized carbons (Fsp3) is 0.857. The van der Waals surface area contributed by atoms with Gasteiger partial charge in [-0.1, -0.05) is 40.5 Å². The molecule has 5 heteroatoms. The third-order valence-electron chi connectivity index (χ3n) is 2.93. The van der Waals surface area contributed by atoms with E-state index in [2.05, 4.69) is 20.8 Å². The predicted molar refractivity (Wildman–Crippen MR) is 79.0 cm³/mol. The lowest BCUT2D eigenvalue weighted by Gasteiger charge is -2.29. The van der Waals surface area contributed by atoms with Crippen molar-refractivity contribution < 1.29 is 14.4 Å². The van der Waals surface area contributed by atoms with Gasteiger partial charge in [0.2, 0.25) is 0 Å². The lowest BCUT2D eigenvalue weighted by atomic mass is 10.00. The summed E-state index contributed by atoms with van der Waals surface area (Å²) in [5.41, 5.74) is 5.86. The monoisotopic (exact) mass is 289 g/mol. The molecule has 0 radical (unpaired) electrons. The molecule has 1 atom stereocenters. The summed E-state index contributed by atoms with van der Waals surface area (Å²) in [6, 6.07) is -0.275. The van der Waals surface area contributed by atoms with Gasteiger partial charge in [0.05, 0.1) is 6.04 Å².